The Morgan fingerprint density at radius 2 is 2.14 bits per heavy atom. The number of fused-ring (bicyclic) bond motifs is 1. The minimum absolute atomic E-state index is 0.100. The molecule has 0 atom stereocenters. The number of aromatic nitrogens is 2. The Bertz CT molecular complexity index is 752. The lowest BCUT2D eigenvalue weighted by Gasteiger charge is -2.32. The lowest BCUT2D eigenvalue weighted by Crippen LogP contribution is -2.51. The third kappa shape index (κ3) is 2.80. The topological polar surface area (TPSA) is 86.6 Å². The average molecular weight is 321 g/mol. The molecule has 22 heavy (non-hydrogen) atoms. The first-order valence-electron chi connectivity index (χ1n) is 6.69. The van der Waals surface area contributed by atoms with Gasteiger partial charge in [-0.05, 0) is 17.7 Å². The number of amides is 2. The second-order valence-corrected chi connectivity index (χ2v) is 5.39. The highest BCUT2D eigenvalue weighted by Crippen LogP contribution is 2.21. The Morgan fingerprint density at radius 1 is 1.32 bits per heavy atom. The molecule has 0 saturated carbocycles. The SMILES string of the molecule is O=C(O)N1CCN(Cc2ccc3c(Cl)ncnc3c2)C(=O)C1. The third-order valence-electron chi connectivity index (χ3n) is 3.61. The number of carboxylic acid groups (broad SMARTS) is 1. The lowest BCUT2D eigenvalue weighted by molar-refractivity contribution is -0.135. The van der Waals surface area contributed by atoms with Gasteiger partial charge in [0.05, 0.1) is 5.52 Å². The van der Waals surface area contributed by atoms with Crippen molar-refractivity contribution in [3.63, 3.8) is 0 Å². The van der Waals surface area contributed by atoms with Crippen LogP contribution in [0.4, 0.5) is 4.79 Å². The summed E-state index contributed by atoms with van der Waals surface area (Å²) >= 11 is 5.99. The van der Waals surface area contributed by atoms with Gasteiger partial charge in [0.2, 0.25) is 5.91 Å². The molecule has 7 nitrogen and oxygen atoms in total. The van der Waals surface area contributed by atoms with E-state index in [-0.39, 0.29) is 12.5 Å². The minimum Gasteiger partial charge on any atom is -0.465 e. The highest BCUT2D eigenvalue weighted by Gasteiger charge is 2.26. The van der Waals surface area contributed by atoms with Crippen molar-refractivity contribution in [1.29, 1.82) is 0 Å². The standard InChI is InChI=1S/C14H13ClN4O3/c15-13-10-2-1-9(5-11(10)16-8-17-13)6-18-3-4-19(14(21)22)7-12(18)20/h1-2,5,8H,3-4,6-7H2,(H,21,22). The molecule has 0 aliphatic carbocycles. The molecule has 1 saturated heterocycles. The molecule has 0 spiro atoms. The van der Waals surface area contributed by atoms with Crippen LogP contribution in [0.3, 0.4) is 0 Å². The summed E-state index contributed by atoms with van der Waals surface area (Å²) in [6.07, 6.45) is 0.329. The Morgan fingerprint density at radius 3 is 2.86 bits per heavy atom. The summed E-state index contributed by atoms with van der Waals surface area (Å²) in [5.74, 6) is -0.200. The van der Waals surface area contributed by atoms with Gasteiger partial charge in [-0.3, -0.25) is 9.69 Å². The highest BCUT2D eigenvalue weighted by molar-refractivity contribution is 6.34. The molecule has 8 heteroatoms. The van der Waals surface area contributed by atoms with Crippen molar-refractivity contribution in [3.8, 4) is 0 Å². The maximum absolute atomic E-state index is 12.0. The molecular formula is C14H13ClN4O3. The Hall–Kier alpha value is -2.41. The van der Waals surface area contributed by atoms with Gasteiger partial charge in [0, 0.05) is 25.0 Å². The van der Waals surface area contributed by atoms with E-state index in [0.29, 0.717) is 30.3 Å². The van der Waals surface area contributed by atoms with Gasteiger partial charge in [0.15, 0.2) is 0 Å². The number of nitrogens with zero attached hydrogens (tertiary/aromatic N) is 4. The first-order chi connectivity index (χ1) is 10.5. The van der Waals surface area contributed by atoms with E-state index in [4.69, 9.17) is 16.7 Å². The molecule has 2 amide bonds. The van der Waals surface area contributed by atoms with Gasteiger partial charge in [0.25, 0.3) is 0 Å². The summed E-state index contributed by atoms with van der Waals surface area (Å²) in [5, 5.41) is 10.1. The van der Waals surface area contributed by atoms with Crippen LogP contribution >= 0.6 is 11.6 Å². The molecular weight excluding hydrogens is 308 g/mol. The van der Waals surface area contributed by atoms with E-state index in [0.717, 1.165) is 15.8 Å². The normalized spacial score (nSPS) is 15.4. The summed E-state index contributed by atoms with van der Waals surface area (Å²) in [4.78, 5) is 33.7. The van der Waals surface area contributed by atoms with E-state index in [2.05, 4.69) is 9.97 Å². The second kappa shape index (κ2) is 5.76. The van der Waals surface area contributed by atoms with Crippen molar-refractivity contribution in [1.82, 2.24) is 19.8 Å². The van der Waals surface area contributed by atoms with Gasteiger partial charge in [-0.25, -0.2) is 14.8 Å². The number of carbonyl (C=O) groups excluding carboxylic acids is 1. The summed E-state index contributed by atoms with van der Waals surface area (Å²) in [5.41, 5.74) is 1.63. The van der Waals surface area contributed by atoms with Crippen LogP contribution < -0.4 is 0 Å². The van der Waals surface area contributed by atoms with Crippen LogP contribution in [0.15, 0.2) is 24.5 Å². The molecule has 3 rings (SSSR count). The van der Waals surface area contributed by atoms with Crippen molar-refractivity contribution < 1.29 is 14.7 Å². The molecule has 1 fully saturated rings. The molecule has 2 aromatic rings. The lowest BCUT2D eigenvalue weighted by atomic mass is 10.1. The number of halogens is 1. The molecule has 0 unspecified atom stereocenters. The van der Waals surface area contributed by atoms with Crippen molar-refractivity contribution in [2.75, 3.05) is 19.6 Å². The number of hydrogen-bond acceptors (Lipinski definition) is 4. The van der Waals surface area contributed by atoms with Crippen molar-refractivity contribution in [2.45, 2.75) is 6.54 Å². The maximum atomic E-state index is 12.0. The second-order valence-electron chi connectivity index (χ2n) is 5.04. The number of piperazine rings is 1. The largest absolute Gasteiger partial charge is 0.465 e. The zero-order valence-electron chi connectivity index (χ0n) is 11.6. The predicted octanol–water partition coefficient (Wildman–Crippen LogP) is 1.61. The summed E-state index contributed by atoms with van der Waals surface area (Å²) in [6, 6.07) is 5.55. The molecule has 1 aliphatic rings. The average Bonchev–Trinajstić information content (AvgIpc) is 2.49. The molecule has 1 aromatic carbocycles. The van der Waals surface area contributed by atoms with Crippen LogP contribution in [0.2, 0.25) is 5.15 Å². The molecule has 2 heterocycles. The van der Waals surface area contributed by atoms with Gasteiger partial charge < -0.3 is 10.0 Å². The van der Waals surface area contributed by atoms with Crippen molar-refractivity contribution >= 4 is 34.5 Å². The fraction of sp³-hybridized carbons (Fsp3) is 0.286. The first-order valence-corrected chi connectivity index (χ1v) is 7.07. The smallest absolute Gasteiger partial charge is 0.407 e. The van der Waals surface area contributed by atoms with E-state index in [1.807, 2.05) is 18.2 Å². The zero-order valence-corrected chi connectivity index (χ0v) is 12.3. The molecule has 1 aromatic heterocycles. The van der Waals surface area contributed by atoms with Crippen LogP contribution in [-0.4, -0.2) is 56.5 Å². The van der Waals surface area contributed by atoms with Crippen LogP contribution in [-0.2, 0) is 11.3 Å². The summed E-state index contributed by atoms with van der Waals surface area (Å²) < 4.78 is 0. The Kier molecular flexibility index (Phi) is 3.81. The maximum Gasteiger partial charge on any atom is 0.407 e. The predicted molar refractivity (Wildman–Crippen MR) is 79.6 cm³/mol. The van der Waals surface area contributed by atoms with Gasteiger partial charge in [-0.1, -0.05) is 17.7 Å². The number of carbonyl (C=O) groups is 2. The molecule has 114 valence electrons. The summed E-state index contributed by atoms with van der Waals surface area (Å²) in [6.45, 7) is 1.02. The van der Waals surface area contributed by atoms with Crippen LogP contribution in [0.1, 0.15) is 5.56 Å². The molecule has 0 bridgehead atoms. The number of rotatable bonds is 2. The van der Waals surface area contributed by atoms with Crippen molar-refractivity contribution in [3.05, 3.63) is 35.2 Å². The Balaban J connectivity index is 1.76. The Labute approximate surface area is 131 Å². The van der Waals surface area contributed by atoms with E-state index in [1.165, 1.54) is 6.33 Å². The van der Waals surface area contributed by atoms with Gasteiger partial charge in [0.1, 0.15) is 18.0 Å². The molecule has 1 aliphatic heterocycles. The fourth-order valence-electron chi connectivity index (χ4n) is 2.43. The van der Waals surface area contributed by atoms with Gasteiger partial charge in [-0.2, -0.15) is 0 Å². The van der Waals surface area contributed by atoms with E-state index >= 15 is 0 Å². The van der Waals surface area contributed by atoms with E-state index < -0.39 is 6.09 Å². The highest BCUT2D eigenvalue weighted by atomic mass is 35.5. The van der Waals surface area contributed by atoms with Crippen molar-refractivity contribution in [2.24, 2.45) is 0 Å². The first kappa shape index (κ1) is 14.5. The molecule has 1 N–H and O–H groups in total. The molecule has 0 radical (unpaired) electrons. The fourth-order valence-corrected chi connectivity index (χ4v) is 2.63. The van der Waals surface area contributed by atoms with Gasteiger partial charge >= 0.3 is 6.09 Å². The van der Waals surface area contributed by atoms with E-state index in [1.54, 1.807) is 4.90 Å². The van der Waals surface area contributed by atoms with E-state index in [9.17, 15) is 9.59 Å². The van der Waals surface area contributed by atoms with Crippen LogP contribution in [0.5, 0.6) is 0 Å². The monoisotopic (exact) mass is 320 g/mol. The van der Waals surface area contributed by atoms with Crippen LogP contribution in [0.25, 0.3) is 10.9 Å². The quantitative estimate of drug-likeness (QED) is 0.849. The van der Waals surface area contributed by atoms with Crippen LogP contribution in [0, 0.1) is 0 Å². The minimum atomic E-state index is -1.06. The number of hydrogen-bond donors (Lipinski definition) is 1. The number of benzene rings is 1. The third-order valence-corrected chi connectivity index (χ3v) is 3.92. The van der Waals surface area contributed by atoms with Gasteiger partial charge in [-0.15, -0.1) is 0 Å². The summed E-state index contributed by atoms with van der Waals surface area (Å²) in [7, 11) is 0. The zero-order chi connectivity index (χ0) is 15.7.